The third-order valence-electron chi connectivity index (χ3n) is 4.24. The van der Waals surface area contributed by atoms with E-state index in [1.54, 1.807) is 23.0 Å². The zero-order valence-corrected chi connectivity index (χ0v) is 14.8. The molecule has 0 spiro atoms. The van der Waals surface area contributed by atoms with E-state index in [4.69, 9.17) is 9.47 Å². The van der Waals surface area contributed by atoms with Gasteiger partial charge in [0.25, 0.3) is 0 Å². The smallest absolute Gasteiger partial charge is 0.317 e. The van der Waals surface area contributed by atoms with Crippen molar-refractivity contribution in [2.24, 2.45) is 0 Å². The number of amides is 2. The number of rotatable bonds is 5. The van der Waals surface area contributed by atoms with Crippen LogP contribution in [0.1, 0.15) is 11.1 Å². The zero-order valence-electron chi connectivity index (χ0n) is 14.8. The summed E-state index contributed by atoms with van der Waals surface area (Å²) in [5.41, 5.74) is 2.85. The molecule has 1 aliphatic heterocycles. The molecule has 2 amide bonds. The molecule has 8 nitrogen and oxygen atoms in total. The molecular weight excluding hydrogens is 346 g/mol. The van der Waals surface area contributed by atoms with Crippen molar-refractivity contribution in [2.75, 3.05) is 13.8 Å². The van der Waals surface area contributed by atoms with E-state index in [1.807, 2.05) is 42.5 Å². The Hall–Kier alpha value is -3.55. The first kappa shape index (κ1) is 16.9. The van der Waals surface area contributed by atoms with Crippen LogP contribution in [0.5, 0.6) is 11.5 Å². The molecule has 138 valence electrons. The fourth-order valence-corrected chi connectivity index (χ4v) is 2.85. The molecule has 8 heteroatoms. The van der Waals surface area contributed by atoms with Gasteiger partial charge in [0.05, 0.1) is 5.69 Å². The summed E-state index contributed by atoms with van der Waals surface area (Å²) in [5.74, 6) is 1.45. The number of hydrogen-bond acceptors (Lipinski definition) is 5. The summed E-state index contributed by atoms with van der Waals surface area (Å²) in [5, 5.41) is 7.04. The fourth-order valence-electron chi connectivity index (χ4n) is 2.85. The van der Waals surface area contributed by atoms with Crippen LogP contribution >= 0.6 is 0 Å². The number of nitrogens with zero attached hydrogens (tertiary/aromatic N) is 4. The summed E-state index contributed by atoms with van der Waals surface area (Å²) in [6.45, 7) is 1.14. The highest BCUT2D eigenvalue weighted by Gasteiger charge is 2.15. The van der Waals surface area contributed by atoms with Crippen molar-refractivity contribution in [3.8, 4) is 17.2 Å². The van der Waals surface area contributed by atoms with Gasteiger partial charge in [0.2, 0.25) is 6.79 Å². The van der Waals surface area contributed by atoms with Crippen LogP contribution in [0.4, 0.5) is 4.79 Å². The molecule has 3 aromatic rings. The van der Waals surface area contributed by atoms with Crippen LogP contribution < -0.4 is 14.8 Å². The average Bonchev–Trinajstić information content (AvgIpc) is 3.37. The molecule has 0 aliphatic carbocycles. The normalized spacial score (nSPS) is 12.0. The van der Waals surface area contributed by atoms with Gasteiger partial charge in [-0.25, -0.2) is 14.5 Å². The second kappa shape index (κ2) is 7.36. The van der Waals surface area contributed by atoms with Gasteiger partial charge in [0.15, 0.2) is 11.5 Å². The maximum atomic E-state index is 12.4. The zero-order chi connectivity index (χ0) is 18.6. The van der Waals surface area contributed by atoms with Crippen molar-refractivity contribution in [1.82, 2.24) is 25.0 Å². The van der Waals surface area contributed by atoms with E-state index in [0.29, 0.717) is 18.8 Å². The summed E-state index contributed by atoms with van der Waals surface area (Å²) in [7, 11) is 1.76. The molecule has 0 radical (unpaired) electrons. The SMILES string of the molecule is CN(Cc1ccc2c(c1)OCO2)C(=O)NCc1cccc(-n2cncn2)c1. The first-order chi connectivity index (χ1) is 13.2. The third-order valence-corrected chi connectivity index (χ3v) is 4.24. The van der Waals surface area contributed by atoms with Crippen LogP contribution in [0.3, 0.4) is 0 Å². The van der Waals surface area contributed by atoms with E-state index >= 15 is 0 Å². The molecule has 2 aromatic carbocycles. The van der Waals surface area contributed by atoms with Crippen LogP contribution in [-0.2, 0) is 13.1 Å². The monoisotopic (exact) mass is 365 g/mol. The number of fused-ring (bicyclic) bond motifs is 1. The van der Waals surface area contributed by atoms with Crippen molar-refractivity contribution >= 4 is 6.03 Å². The number of benzene rings is 2. The van der Waals surface area contributed by atoms with E-state index < -0.39 is 0 Å². The van der Waals surface area contributed by atoms with Crippen molar-refractivity contribution in [1.29, 1.82) is 0 Å². The topological polar surface area (TPSA) is 81.5 Å². The average molecular weight is 365 g/mol. The second-order valence-electron chi connectivity index (χ2n) is 6.21. The van der Waals surface area contributed by atoms with Crippen LogP contribution in [0.2, 0.25) is 0 Å². The molecule has 1 aliphatic rings. The lowest BCUT2D eigenvalue weighted by Crippen LogP contribution is -2.36. The summed E-state index contributed by atoms with van der Waals surface area (Å²) in [6, 6.07) is 13.3. The minimum Gasteiger partial charge on any atom is -0.454 e. The molecule has 0 saturated heterocycles. The Balaban J connectivity index is 1.34. The lowest BCUT2D eigenvalue weighted by molar-refractivity contribution is 0.174. The molecule has 0 unspecified atom stereocenters. The Morgan fingerprint density at radius 1 is 1.19 bits per heavy atom. The summed E-state index contributed by atoms with van der Waals surface area (Å²) in [6.07, 6.45) is 3.12. The Kier molecular flexibility index (Phi) is 4.61. The number of aromatic nitrogens is 3. The predicted molar refractivity (Wildman–Crippen MR) is 97.6 cm³/mol. The van der Waals surface area contributed by atoms with Gasteiger partial charge >= 0.3 is 6.03 Å². The third kappa shape index (κ3) is 3.84. The van der Waals surface area contributed by atoms with E-state index in [9.17, 15) is 4.79 Å². The minimum atomic E-state index is -0.154. The standard InChI is InChI=1S/C19H19N5O3/c1-23(10-15-5-6-17-18(8-15)27-13-26-17)19(25)21-9-14-3-2-4-16(7-14)24-12-20-11-22-24/h2-8,11-12H,9-10,13H2,1H3,(H,21,25). The van der Waals surface area contributed by atoms with E-state index in [0.717, 1.165) is 22.6 Å². The highest BCUT2D eigenvalue weighted by atomic mass is 16.7. The second-order valence-corrected chi connectivity index (χ2v) is 6.21. The molecule has 0 fully saturated rings. The van der Waals surface area contributed by atoms with Gasteiger partial charge in [0.1, 0.15) is 12.7 Å². The largest absolute Gasteiger partial charge is 0.454 e. The predicted octanol–water partition coefficient (Wildman–Crippen LogP) is 2.34. The fraction of sp³-hybridized carbons (Fsp3) is 0.211. The molecule has 1 N–H and O–H groups in total. The Labute approximate surface area is 156 Å². The molecule has 0 saturated carbocycles. The van der Waals surface area contributed by atoms with Gasteiger partial charge < -0.3 is 19.7 Å². The summed E-state index contributed by atoms with van der Waals surface area (Å²) in [4.78, 5) is 18.0. The van der Waals surface area contributed by atoms with Gasteiger partial charge in [-0.05, 0) is 35.4 Å². The van der Waals surface area contributed by atoms with E-state index in [-0.39, 0.29) is 12.8 Å². The highest BCUT2D eigenvalue weighted by Crippen LogP contribution is 2.32. The Morgan fingerprint density at radius 3 is 2.93 bits per heavy atom. The van der Waals surface area contributed by atoms with E-state index in [2.05, 4.69) is 15.4 Å². The van der Waals surface area contributed by atoms with Gasteiger partial charge in [-0.3, -0.25) is 0 Å². The van der Waals surface area contributed by atoms with Gasteiger partial charge in [-0.15, -0.1) is 0 Å². The van der Waals surface area contributed by atoms with Crippen molar-refractivity contribution in [2.45, 2.75) is 13.1 Å². The van der Waals surface area contributed by atoms with Crippen LogP contribution in [-0.4, -0.2) is 39.5 Å². The molecule has 27 heavy (non-hydrogen) atoms. The van der Waals surface area contributed by atoms with Crippen molar-refractivity contribution in [3.63, 3.8) is 0 Å². The number of carbonyl (C=O) groups is 1. The number of carbonyl (C=O) groups excluding carboxylic acids is 1. The molecule has 0 bridgehead atoms. The van der Waals surface area contributed by atoms with Crippen LogP contribution in [0.15, 0.2) is 55.1 Å². The molecule has 4 rings (SSSR count). The molecule has 0 atom stereocenters. The van der Waals surface area contributed by atoms with Crippen molar-refractivity contribution < 1.29 is 14.3 Å². The Bertz CT molecular complexity index is 942. The van der Waals surface area contributed by atoms with Crippen molar-refractivity contribution in [3.05, 3.63) is 66.2 Å². The summed E-state index contributed by atoms with van der Waals surface area (Å²) >= 11 is 0. The van der Waals surface area contributed by atoms with Gasteiger partial charge in [0, 0.05) is 20.1 Å². The highest BCUT2D eigenvalue weighted by molar-refractivity contribution is 5.73. The molecule has 1 aromatic heterocycles. The maximum Gasteiger partial charge on any atom is 0.317 e. The molecular formula is C19H19N5O3. The van der Waals surface area contributed by atoms with Crippen LogP contribution in [0.25, 0.3) is 5.69 Å². The first-order valence-electron chi connectivity index (χ1n) is 8.50. The number of ether oxygens (including phenoxy) is 2. The van der Waals surface area contributed by atoms with Crippen LogP contribution in [0, 0.1) is 0 Å². The lowest BCUT2D eigenvalue weighted by Gasteiger charge is -2.18. The van der Waals surface area contributed by atoms with Gasteiger partial charge in [-0.1, -0.05) is 18.2 Å². The maximum absolute atomic E-state index is 12.4. The molecule has 2 heterocycles. The van der Waals surface area contributed by atoms with Gasteiger partial charge in [-0.2, -0.15) is 5.10 Å². The summed E-state index contributed by atoms with van der Waals surface area (Å²) < 4.78 is 12.4. The van der Waals surface area contributed by atoms with E-state index in [1.165, 1.54) is 6.33 Å². The Morgan fingerprint density at radius 2 is 2.07 bits per heavy atom. The quantitative estimate of drug-likeness (QED) is 0.751. The number of nitrogens with one attached hydrogen (secondary N) is 1. The number of hydrogen-bond donors (Lipinski definition) is 1. The minimum absolute atomic E-state index is 0.154. The lowest BCUT2D eigenvalue weighted by atomic mass is 10.2. The number of urea groups is 1. The first-order valence-corrected chi connectivity index (χ1v) is 8.50.